The molecular formula is C12H12O2S. The molecule has 1 aliphatic rings. The minimum absolute atomic E-state index is 0.0206. The third-order valence-electron chi connectivity index (χ3n) is 2.54. The number of Topliss-reactive ketones (excluding diaryl/α,β-unsaturated/α-hetero) is 1. The molecule has 1 saturated heterocycles. The molecule has 1 unspecified atom stereocenters. The van der Waals surface area contributed by atoms with Crippen LogP contribution in [0.4, 0.5) is 0 Å². The number of carbonyl (C=O) groups excluding carboxylic acids is 2. The van der Waals surface area contributed by atoms with E-state index in [1.54, 1.807) is 12.1 Å². The third-order valence-corrected chi connectivity index (χ3v) is 3.60. The highest BCUT2D eigenvalue weighted by molar-refractivity contribution is 8.13. The minimum atomic E-state index is -0.411. The van der Waals surface area contributed by atoms with Gasteiger partial charge in [-0.1, -0.05) is 42.1 Å². The van der Waals surface area contributed by atoms with Gasteiger partial charge >= 0.3 is 0 Å². The van der Waals surface area contributed by atoms with E-state index in [2.05, 4.69) is 0 Å². The normalized spacial score (nSPS) is 21.3. The van der Waals surface area contributed by atoms with Crippen LogP contribution in [0.15, 0.2) is 30.3 Å². The van der Waals surface area contributed by atoms with E-state index < -0.39 is 5.92 Å². The summed E-state index contributed by atoms with van der Waals surface area (Å²) in [7, 11) is 0. The van der Waals surface area contributed by atoms with Crippen molar-refractivity contribution in [3.63, 3.8) is 0 Å². The predicted molar refractivity (Wildman–Crippen MR) is 61.0 cm³/mol. The van der Waals surface area contributed by atoms with Gasteiger partial charge in [-0.3, -0.25) is 9.59 Å². The average molecular weight is 220 g/mol. The van der Waals surface area contributed by atoms with Crippen molar-refractivity contribution in [3.8, 4) is 0 Å². The van der Waals surface area contributed by atoms with E-state index in [1.807, 2.05) is 18.2 Å². The third kappa shape index (κ3) is 2.29. The number of carbonyl (C=O) groups is 2. The summed E-state index contributed by atoms with van der Waals surface area (Å²) in [4.78, 5) is 23.5. The topological polar surface area (TPSA) is 34.1 Å². The van der Waals surface area contributed by atoms with Crippen LogP contribution in [0.2, 0.25) is 0 Å². The molecule has 1 aliphatic heterocycles. The summed E-state index contributed by atoms with van der Waals surface area (Å²) in [5.41, 5.74) is 0.651. The van der Waals surface area contributed by atoms with Crippen LogP contribution in [0, 0.1) is 5.92 Å². The highest BCUT2D eigenvalue weighted by atomic mass is 32.2. The summed E-state index contributed by atoms with van der Waals surface area (Å²) in [5, 5.41) is 0.0371. The molecule has 0 bridgehead atoms. The number of hydrogen-bond acceptors (Lipinski definition) is 3. The lowest BCUT2D eigenvalue weighted by Gasteiger charge is -2.18. The fourth-order valence-electron chi connectivity index (χ4n) is 1.72. The maximum atomic E-state index is 12.0. The SMILES string of the molecule is O=C1SCCCC1C(=O)c1ccccc1. The largest absolute Gasteiger partial charge is 0.293 e. The van der Waals surface area contributed by atoms with Crippen LogP contribution in [0.3, 0.4) is 0 Å². The number of rotatable bonds is 2. The number of benzene rings is 1. The molecule has 0 spiro atoms. The van der Waals surface area contributed by atoms with Crippen molar-refractivity contribution < 1.29 is 9.59 Å². The molecule has 1 fully saturated rings. The minimum Gasteiger partial charge on any atom is -0.293 e. The van der Waals surface area contributed by atoms with Crippen LogP contribution >= 0.6 is 11.8 Å². The predicted octanol–water partition coefficient (Wildman–Crippen LogP) is 2.54. The van der Waals surface area contributed by atoms with Crippen LogP contribution in [0.25, 0.3) is 0 Å². The summed E-state index contributed by atoms with van der Waals surface area (Å²) >= 11 is 1.29. The summed E-state index contributed by atoms with van der Waals surface area (Å²) in [6, 6.07) is 9.07. The molecule has 0 N–H and O–H groups in total. The van der Waals surface area contributed by atoms with Gasteiger partial charge in [0.1, 0.15) is 0 Å². The van der Waals surface area contributed by atoms with Crippen molar-refractivity contribution in [1.82, 2.24) is 0 Å². The van der Waals surface area contributed by atoms with Crippen molar-refractivity contribution in [1.29, 1.82) is 0 Å². The maximum Gasteiger partial charge on any atom is 0.199 e. The zero-order valence-corrected chi connectivity index (χ0v) is 9.13. The zero-order chi connectivity index (χ0) is 10.7. The second kappa shape index (κ2) is 4.62. The Hall–Kier alpha value is -1.09. The fourth-order valence-corrected chi connectivity index (χ4v) is 2.66. The van der Waals surface area contributed by atoms with Gasteiger partial charge in [0.15, 0.2) is 10.9 Å². The van der Waals surface area contributed by atoms with Gasteiger partial charge in [0.2, 0.25) is 0 Å². The summed E-state index contributed by atoms with van der Waals surface area (Å²) in [6.45, 7) is 0. The monoisotopic (exact) mass is 220 g/mol. The molecule has 0 aromatic heterocycles. The van der Waals surface area contributed by atoms with E-state index in [9.17, 15) is 9.59 Å². The molecule has 0 aliphatic carbocycles. The molecule has 1 aromatic carbocycles. The molecule has 3 heteroatoms. The van der Waals surface area contributed by atoms with E-state index >= 15 is 0 Å². The van der Waals surface area contributed by atoms with Crippen LogP contribution in [0.1, 0.15) is 23.2 Å². The van der Waals surface area contributed by atoms with E-state index in [-0.39, 0.29) is 10.9 Å². The first-order valence-electron chi connectivity index (χ1n) is 5.05. The number of thioether (sulfide) groups is 1. The first-order valence-corrected chi connectivity index (χ1v) is 6.03. The van der Waals surface area contributed by atoms with E-state index in [1.165, 1.54) is 11.8 Å². The molecule has 0 amide bonds. The molecule has 1 heterocycles. The van der Waals surface area contributed by atoms with E-state index in [0.29, 0.717) is 12.0 Å². The van der Waals surface area contributed by atoms with Gasteiger partial charge in [-0.2, -0.15) is 0 Å². The van der Waals surface area contributed by atoms with Crippen LogP contribution < -0.4 is 0 Å². The fraction of sp³-hybridized carbons (Fsp3) is 0.333. The van der Waals surface area contributed by atoms with Crippen molar-refractivity contribution >= 4 is 22.7 Å². The van der Waals surface area contributed by atoms with Gasteiger partial charge in [0.25, 0.3) is 0 Å². The Balaban J connectivity index is 2.17. The second-order valence-corrected chi connectivity index (χ2v) is 4.69. The smallest absolute Gasteiger partial charge is 0.199 e. The van der Waals surface area contributed by atoms with Gasteiger partial charge in [0, 0.05) is 11.3 Å². The number of ketones is 1. The van der Waals surface area contributed by atoms with Crippen molar-refractivity contribution in [2.75, 3.05) is 5.75 Å². The molecular weight excluding hydrogens is 208 g/mol. The standard InChI is InChI=1S/C12H12O2S/c13-11(9-5-2-1-3-6-9)10-7-4-8-15-12(10)14/h1-3,5-6,10H,4,7-8H2. The molecule has 2 nitrogen and oxygen atoms in total. The van der Waals surface area contributed by atoms with Crippen LogP contribution in [0.5, 0.6) is 0 Å². The first-order chi connectivity index (χ1) is 7.29. The summed E-state index contributed by atoms with van der Waals surface area (Å²) in [6.07, 6.45) is 1.67. The lowest BCUT2D eigenvalue weighted by Crippen LogP contribution is -2.25. The van der Waals surface area contributed by atoms with Crippen LogP contribution in [-0.4, -0.2) is 16.7 Å². The van der Waals surface area contributed by atoms with Crippen LogP contribution in [-0.2, 0) is 4.79 Å². The Morgan fingerprint density at radius 2 is 2.00 bits per heavy atom. The number of hydrogen-bond donors (Lipinski definition) is 0. The van der Waals surface area contributed by atoms with Gasteiger partial charge in [-0.25, -0.2) is 0 Å². The first kappa shape index (κ1) is 10.4. The van der Waals surface area contributed by atoms with E-state index in [4.69, 9.17) is 0 Å². The maximum absolute atomic E-state index is 12.0. The summed E-state index contributed by atoms with van der Waals surface area (Å²) < 4.78 is 0. The molecule has 2 rings (SSSR count). The van der Waals surface area contributed by atoms with Gasteiger partial charge in [0.05, 0.1) is 5.92 Å². The Labute approximate surface area is 93.1 Å². The van der Waals surface area contributed by atoms with E-state index in [0.717, 1.165) is 12.2 Å². The zero-order valence-electron chi connectivity index (χ0n) is 8.31. The molecule has 0 radical (unpaired) electrons. The highest BCUT2D eigenvalue weighted by Gasteiger charge is 2.29. The quantitative estimate of drug-likeness (QED) is 0.567. The van der Waals surface area contributed by atoms with Gasteiger partial charge in [-0.15, -0.1) is 0 Å². The Bertz CT molecular complexity index is 372. The molecule has 78 valence electrons. The lowest BCUT2D eigenvalue weighted by atomic mass is 9.94. The molecule has 15 heavy (non-hydrogen) atoms. The molecule has 1 atom stereocenters. The second-order valence-electron chi connectivity index (χ2n) is 3.59. The Kier molecular flexibility index (Phi) is 3.21. The van der Waals surface area contributed by atoms with Crippen molar-refractivity contribution in [2.45, 2.75) is 12.8 Å². The Morgan fingerprint density at radius 3 is 2.67 bits per heavy atom. The Morgan fingerprint density at radius 1 is 1.27 bits per heavy atom. The lowest BCUT2D eigenvalue weighted by molar-refractivity contribution is -0.113. The summed E-state index contributed by atoms with van der Waals surface area (Å²) in [5.74, 6) is 0.427. The van der Waals surface area contributed by atoms with Gasteiger partial charge in [-0.05, 0) is 12.8 Å². The molecule has 1 aromatic rings. The average Bonchev–Trinajstić information content (AvgIpc) is 2.30. The highest BCUT2D eigenvalue weighted by Crippen LogP contribution is 2.27. The van der Waals surface area contributed by atoms with Gasteiger partial charge < -0.3 is 0 Å². The van der Waals surface area contributed by atoms with Crippen molar-refractivity contribution in [3.05, 3.63) is 35.9 Å². The van der Waals surface area contributed by atoms with Crippen molar-refractivity contribution in [2.24, 2.45) is 5.92 Å². The molecule has 0 saturated carbocycles.